The van der Waals surface area contributed by atoms with Crippen LogP contribution in [0.15, 0.2) is 18.2 Å². The molecule has 0 radical (unpaired) electrons. The van der Waals surface area contributed by atoms with Crippen LogP contribution in [0.3, 0.4) is 0 Å². The van der Waals surface area contributed by atoms with Gasteiger partial charge in [0, 0.05) is 5.69 Å². The minimum absolute atomic E-state index is 0.289. The number of anilines is 1. The molecule has 0 aromatic heterocycles. The number of rotatable bonds is 1. The van der Waals surface area contributed by atoms with Crippen LogP contribution in [0.1, 0.15) is 15.9 Å². The third-order valence-corrected chi connectivity index (χ3v) is 1.68. The van der Waals surface area contributed by atoms with Crippen molar-refractivity contribution in [2.24, 2.45) is 0 Å². The first-order valence-corrected chi connectivity index (χ1v) is 3.65. The Kier molecular flexibility index (Phi) is 2.19. The highest BCUT2D eigenvalue weighted by Crippen LogP contribution is 2.15. The van der Waals surface area contributed by atoms with Crippen LogP contribution >= 0.6 is 12.6 Å². The van der Waals surface area contributed by atoms with Gasteiger partial charge in [-0.3, -0.25) is 4.79 Å². The Morgan fingerprint density at radius 2 is 2.18 bits per heavy atom. The maximum absolute atomic E-state index is 10.8. The summed E-state index contributed by atoms with van der Waals surface area (Å²) in [7, 11) is 0. The van der Waals surface area contributed by atoms with E-state index < -0.39 is 0 Å². The molecule has 2 nitrogen and oxygen atoms in total. The van der Waals surface area contributed by atoms with E-state index >= 15 is 0 Å². The average Bonchev–Trinajstić information content (AvgIpc) is 1.85. The first-order chi connectivity index (χ1) is 5.11. The molecule has 0 bridgehead atoms. The number of thiol groups is 1. The van der Waals surface area contributed by atoms with Crippen molar-refractivity contribution in [3.05, 3.63) is 29.3 Å². The molecule has 0 aliphatic rings. The van der Waals surface area contributed by atoms with Crippen molar-refractivity contribution < 1.29 is 4.79 Å². The molecule has 0 heterocycles. The molecule has 2 N–H and O–H groups in total. The second-order valence-corrected chi connectivity index (χ2v) is 2.80. The number of hydrogen-bond acceptors (Lipinski definition) is 2. The molecule has 0 fully saturated rings. The van der Waals surface area contributed by atoms with Crippen molar-refractivity contribution in [2.45, 2.75) is 6.92 Å². The van der Waals surface area contributed by atoms with Gasteiger partial charge in [0.25, 0.3) is 0 Å². The lowest BCUT2D eigenvalue weighted by atomic mass is 10.1. The highest BCUT2D eigenvalue weighted by Gasteiger charge is 2.03. The van der Waals surface area contributed by atoms with Crippen molar-refractivity contribution in [3.63, 3.8) is 0 Å². The monoisotopic (exact) mass is 167 g/mol. The lowest BCUT2D eigenvalue weighted by Crippen LogP contribution is -1.97. The molecule has 1 aromatic rings. The Balaban J connectivity index is 3.20. The smallest absolute Gasteiger partial charge is 0.218 e. The number of carbonyl (C=O) groups is 1. The third-order valence-electron chi connectivity index (χ3n) is 1.44. The van der Waals surface area contributed by atoms with E-state index in [1.165, 1.54) is 0 Å². The van der Waals surface area contributed by atoms with Gasteiger partial charge in [-0.25, -0.2) is 0 Å². The van der Waals surface area contributed by atoms with Crippen LogP contribution in [0.25, 0.3) is 0 Å². The molecular weight excluding hydrogens is 158 g/mol. The predicted octanol–water partition coefficient (Wildman–Crippen LogP) is 1.65. The molecule has 0 atom stereocenters. The number of benzene rings is 1. The Hall–Kier alpha value is -0.960. The van der Waals surface area contributed by atoms with Gasteiger partial charge in [-0.2, -0.15) is 0 Å². The Labute approximate surface area is 70.8 Å². The maximum Gasteiger partial charge on any atom is 0.218 e. The van der Waals surface area contributed by atoms with E-state index in [0.29, 0.717) is 11.3 Å². The van der Waals surface area contributed by atoms with Crippen LogP contribution in [0.2, 0.25) is 0 Å². The second kappa shape index (κ2) is 2.96. The summed E-state index contributed by atoms with van der Waals surface area (Å²) in [5, 5.41) is -0.289. The molecule has 0 aliphatic carbocycles. The van der Waals surface area contributed by atoms with Crippen molar-refractivity contribution in [1.29, 1.82) is 0 Å². The van der Waals surface area contributed by atoms with Crippen LogP contribution in [0, 0.1) is 6.92 Å². The van der Waals surface area contributed by atoms with Gasteiger partial charge < -0.3 is 5.73 Å². The Morgan fingerprint density at radius 1 is 1.55 bits per heavy atom. The molecule has 0 aliphatic heterocycles. The molecule has 3 heteroatoms. The fourth-order valence-corrected chi connectivity index (χ4v) is 1.08. The van der Waals surface area contributed by atoms with Crippen LogP contribution in [-0.4, -0.2) is 5.12 Å². The van der Waals surface area contributed by atoms with Crippen LogP contribution in [-0.2, 0) is 0 Å². The first-order valence-electron chi connectivity index (χ1n) is 3.20. The van der Waals surface area contributed by atoms with E-state index in [-0.39, 0.29) is 5.12 Å². The minimum Gasteiger partial charge on any atom is -0.398 e. The molecule has 0 saturated heterocycles. The molecule has 11 heavy (non-hydrogen) atoms. The lowest BCUT2D eigenvalue weighted by molar-refractivity contribution is 0.109. The SMILES string of the molecule is Cc1ccc(C(=O)S)c(N)c1. The summed E-state index contributed by atoms with van der Waals surface area (Å²) < 4.78 is 0. The minimum atomic E-state index is -0.289. The first kappa shape index (κ1) is 8.14. The largest absolute Gasteiger partial charge is 0.398 e. The molecule has 1 aromatic carbocycles. The van der Waals surface area contributed by atoms with E-state index in [0.717, 1.165) is 5.56 Å². The van der Waals surface area contributed by atoms with Gasteiger partial charge >= 0.3 is 0 Å². The van der Waals surface area contributed by atoms with Gasteiger partial charge in [-0.15, -0.1) is 12.6 Å². The van der Waals surface area contributed by atoms with Crippen LogP contribution in [0.4, 0.5) is 5.69 Å². The summed E-state index contributed by atoms with van der Waals surface area (Å²) in [5.74, 6) is 0. The quantitative estimate of drug-likeness (QED) is 0.493. The Morgan fingerprint density at radius 3 is 2.64 bits per heavy atom. The standard InChI is InChI=1S/C8H9NOS/c1-5-2-3-6(8(10)11)7(9)4-5/h2-4H,9H2,1H3,(H,10,11). The fraction of sp³-hybridized carbons (Fsp3) is 0.125. The van der Waals surface area contributed by atoms with E-state index in [1.807, 2.05) is 13.0 Å². The molecule has 0 amide bonds. The molecule has 1 rings (SSSR count). The van der Waals surface area contributed by atoms with Crippen molar-refractivity contribution >= 4 is 23.4 Å². The van der Waals surface area contributed by atoms with Gasteiger partial charge in [0.05, 0.1) is 5.56 Å². The number of nitrogen functional groups attached to an aromatic ring is 1. The van der Waals surface area contributed by atoms with E-state index in [4.69, 9.17) is 5.73 Å². The maximum atomic E-state index is 10.8. The molecule has 0 unspecified atom stereocenters. The zero-order chi connectivity index (χ0) is 8.43. The third kappa shape index (κ3) is 1.74. The number of nitrogens with two attached hydrogens (primary N) is 1. The van der Waals surface area contributed by atoms with Crippen molar-refractivity contribution in [2.75, 3.05) is 5.73 Å². The van der Waals surface area contributed by atoms with Gasteiger partial charge in [-0.05, 0) is 24.6 Å². The highest BCUT2D eigenvalue weighted by molar-refractivity contribution is 7.97. The van der Waals surface area contributed by atoms with Gasteiger partial charge in [-0.1, -0.05) is 6.07 Å². The molecule has 0 saturated carbocycles. The summed E-state index contributed by atoms with van der Waals surface area (Å²) in [4.78, 5) is 10.8. The highest BCUT2D eigenvalue weighted by atomic mass is 32.1. The topological polar surface area (TPSA) is 43.1 Å². The van der Waals surface area contributed by atoms with Crippen molar-refractivity contribution in [3.8, 4) is 0 Å². The van der Waals surface area contributed by atoms with Crippen molar-refractivity contribution in [1.82, 2.24) is 0 Å². The predicted molar refractivity (Wildman–Crippen MR) is 48.9 cm³/mol. The van der Waals surface area contributed by atoms with E-state index in [9.17, 15) is 4.79 Å². The number of aryl methyl sites for hydroxylation is 1. The summed E-state index contributed by atoms with van der Waals surface area (Å²) >= 11 is 3.67. The number of hydrogen-bond donors (Lipinski definition) is 2. The van der Waals surface area contributed by atoms with Crippen LogP contribution < -0.4 is 5.73 Å². The van der Waals surface area contributed by atoms with E-state index in [1.54, 1.807) is 12.1 Å². The summed E-state index contributed by atoms with van der Waals surface area (Å²) in [6.07, 6.45) is 0. The zero-order valence-corrected chi connectivity index (χ0v) is 7.06. The van der Waals surface area contributed by atoms with Gasteiger partial charge in [0.1, 0.15) is 0 Å². The fourth-order valence-electron chi connectivity index (χ4n) is 0.877. The molecule has 58 valence electrons. The summed E-state index contributed by atoms with van der Waals surface area (Å²) in [5.41, 5.74) is 7.56. The Bertz CT molecular complexity index is 296. The second-order valence-electron chi connectivity index (χ2n) is 2.40. The molecule has 0 spiro atoms. The zero-order valence-electron chi connectivity index (χ0n) is 6.16. The summed E-state index contributed by atoms with van der Waals surface area (Å²) in [6, 6.07) is 5.27. The molecular formula is C8H9NOS. The number of carbonyl (C=O) groups excluding carboxylic acids is 1. The lowest BCUT2D eigenvalue weighted by Gasteiger charge is -2.00. The summed E-state index contributed by atoms with van der Waals surface area (Å²) in [6.45, 7) is 1.92. The van der Waals surface area contributed by atoms with Crippen LogP contribution in [0.5, 0.6) is 0 Å². The van der Waals surface area contributed by atoms with Gasteiger partial charge in [0.2, 0.25) is 5.12 Å². The normalized spacial score (nSPS) is 9.64. The van der Waals surface area contributed by atoms with Gasteiger partial charge in [0.15, 0.2) is 0 Å². The van der Waals surface area contributed by atoms with E-state index in [2.05, 4.69) is 12.6 Å². The average molecular weight is 167 g/mol.